The summed E-state index contributed by atoms with van der Waals surface area (Å²) in [5.41, 5.74) is 0. The van der Waals surface area contributed by atoms with Crippen LogP contribution in [0.15, 0.2) is 42.7 Å². The number of piperidine rings is 1. The van der Waals surface area contributed by atoms with Crippen LogP contribution in [-0.4, -0.2) is 54.1 Å². The fourth-order valence-corrected chi connectivity index (χ4v) is 4.36. The molecule has 1 amide bonds. The first-order valence-electron chi connectivity index (χ1n) is 9.04. The maximum Gasteiger partial charge on any atom is 0.264 e. The van der Waals surface area contributed by atoms with Crippen molar-refractivity contribution in [3.63, 3.8) is 0 Å². The summed E-state index contributed by atoms with van der Waals surface area (Å²) >= 11 is 1.55. The standard InChI is InChI=1S/C20H22N4O2S/c1-23(2)18-19(22-10-9-21-18)26-15-7-5-11-24(13-15)20(25)17-12-14-6-3-4-8-16(14)27-17/h3-4,6,8-10,12,15H,5,7,11,13H2,1-2H3. The number of amides is 1. The minimum atomic E-state index is -0.0764. The number of likely N-dealkylation sites (tertiary alicyclic amines) is 1. The van der Waals surface area contributed by atoms with E-state index in [4.69, 9.17) is 4.74 Å². The normalized spacial score (nSPS) is 17.1. The van der Waals surface area contributed by atoms with Crippen molar-refractivity contribution in [1.82, 2.24) is 14.9 Å². The number of rotatable bonds is 4. The van der Waals surface area contributed by atoms with Crippen LogP contribution in [-0.2, 0) is 0 Å². The van der Waals surface area contributed by atoms with Crippen LogP contribution < -0.4 is 9.64 Å². The van der Waals surface area contributed by atoms with E-state index >= 15 is 0 Å². The summed E-state index contributed by atoms with van der Waals surface area (Å²) in [7, 11) is 3.82. The zero-order valence-electron chi connectivity index (χ0n) is 15.5. The first-order valence-corrected chi connectivity index (χ1v) is 9.86. The lowest BCUT2D eigenvalue weighted by atomic mass is 10.1. The molecule has 0 N–H and O–H groups in total. The summed E-state index contributed by atoms with van der Waals surface area (Å²) < 4.78 is 7.26. The second-order valence-corrected chi connectivity index (χ2v) is 7.95. The van der Waals surface area contributed by atoms with Crippen molar-refractivity contribution < 1.29 is 9.53 Å². The third-order valence-corrected chi connectivity index (χ3v) is 5.75. The molecular formula is C20H22N4O2S. The van der Waals surface area contributed by atoms with Crippen LogP contribution in [0.3, 0.4) is 0 Å². The van der Waals surface area contributed by atoms with Crippen LogP contribution in [0, 0.1) is 0 Å². The molecule has 0 aliphatic carbocycles. The highest BCUT2D eigenvalue weighted by molar-refractivity contribution is 7.20. The van der Waals surface area contributed by atoms with Crippen molar-refractivity contribution in [2.75, 3.05) is 32.1 Å². The fourth-order valence-electron chi connectivity index (χ4n) is 3.33. The number of benzene rings is 1. The summed E-state index contributed by atoms with van der Waals surface area (Å²) in [6.07, 6.45) is 5.02. The number of thiophene rings is 1. The lowest BCUT2D eigenvalue weighted by Crippen LogP contribution is -2.44. The lowest BCUT2D eigenvalue weighted by molar-refractivity contribution is 0.0532. The van der Waals surface area contributed by atoms with Crippen molar-refractivity contribution in [1.29, 1.82) is 0 Å². The third kappa shape index (κ3) is 3.73. The van der Waals surface area contributed by atoms with Gasteiger partial charge in [0.15, 0.2) is 5.82 Å². The van der Waals surface area contributed by atoms with Crippen LogP contribution in [0.1, 0.15) is 22.5 Å². The Morgan fingerprint density at radius 3 is 2.89 bits per heavy atom. The maximum atomic E-state index is 13.0. The van der Waals surface area contributed by atoms with Crippen molar-refractivity contribution in [2.24, 2.45) is 0 Å². The Balaban J connectivity index is 1.49. The molecule has 3 aromatic rings. The second kappa shape index (κ2) is 7.52. The smallest absolute Gasteiger partial charge is 0.264 e. The molecule has 3 heterocycles. The number of carbonyl (C=O) groups excluding carboxylic acids is 1. The van der Waals surface area contributed by atoms with Crippen molar-refractivity contribution >= 4 is 33.1 Å². The molecule has 1 aliphatic rings. The summed E-state index contributed by atoms with van der Waals surface area (Å²) in [6, 6.07) is 10.1. The maximum absolute atomic E-state index is 13.0. The van der Waals surface area contributed by atoms with E-state index in [2.05, 4.69) is 16.0 Å². The first kappa shape index (κ1) is 17.7. The highest BCUT2D eigenvalue weighted by atomic mass is 32.1. The molecule has 1 aromatic carbocycles. The molecule has 0 bridgehead atoms. The van der Waals surface area contributed by atoms with Gasteiger partial charge in [0.1, 0.15) is 6.10 Å². The number of carbonyl (C=O) groups is 1. The number of aromatic nitrogens is 2. The van der Waals surface area contributed by atoms with Crippen LogP contribution >= 0.6 is 11.3 Å². The molecule has 0 spiro atoms. The van der Waals surface area contributed by atoms with E-state index in [1.54, 1.807) is 23.7 Å². The number of fused-ring (bicyclic) bond motifs is 1. The molecular weight excluding hydrogens is 360 g/mol. The van der Waals surface area contributed by atoms with Gasteiger partial charge in [-0.2, -0.15) is 0 Å². The zero-order valence-corrected chi connectivity index (χ0v) is 16.3. The van der Waals surface area contributed by atoms with E-state index in [1.165, 1.54) is 0 Å². The zero-order chi connectivity index (χ0) is 18.8. The third-order valence-electron chi connectivity index (χ3n) is 4.65. The van der Waals surface area contributed by atoms with E-state index in [9.17, 15) is 4.79 Å². The molecule has 140 valence electrons. The number of anilines is 1. The molecule has 1 atom stereocenters. The minimum absolute atomic E-state index is 0.0764. The van der Waals surface area contributed by atoms with Gasteiger partial charge >= 0.3 is 0 Å². The van der Waals surface area contributed by atoms with Gasteiger partial charge in [-0.05, 0) is 30.4 Å². The predicted molar refractivity (Wildman–Crippen MR) is 108 cm³/mol. The summed E-state index contributed by atoms with van der Waals surface area (Å²) in [6.45, 7) is 1.32. The van der Waals surface area contributed by atoms with Gasteiger partial charge in [0, 0.05) is 37.7 Å². The van der Waals surface area contributed by atoms with Gasteiger partial charge in [-0.1, -0.05) is 18.2 Å². The molecule has 1 saturated heterocycles. The van der Waals surface area contributed by atoms with Gasteiger partial charge in [0.05, 0.1) is 11.4 Å². The molecule has 0 saturated carbocycles. The molecule has 7 heteroatoms. The highest BCUT2D eigenvalue weighted by Crippen LogP contribution is 2.28. The van der Waals surface area contributed by atoms with Gasteiger partial charge in [-0.15, -0.1) is 11.3 Å². The Morgan fingerprint density at radius 1 is 1.26 bits per heavy atom. The monoisotopic (exact) mass is 382 g/mol. The van der Waals surface area contributed by atoms with E-state index < -0.39 is 0 Å². The van der Waals surface area contributed by atoms with Gasteiger partial charge in [-0.3, -0.25) is 4.79 Å². The van der Waals surface area contributed by atoms with Crippen molar-refractivity contribution in [3.05, 3.63) is 47.6 Å². The van der Waals surface area contributed by atoms with Crippen molar-refractivity contribution in [3.8, 4) is 5.88 Å². The molecule has 27 heavy (non-hydrogen) atoms. The molecule has 6 nitrogen and oxygen atoms in total. The van der Waals surface area contributed by atoms with E-state index in [0.717, 1.165) is 34.3 Å². The fraction of sp³-hybridized carbons (Fsp3) is 0.350. The van der Waals surface area contributed by atoms with Crippen LogP contribution in [0.2, 0.25) is 0 Å². The molecule has 2 aromatic heterocycles. The topological polar surface area (TPSA) is 58.6 Å². The van der Waals surface area contributed by atoms with E-state index in [-0.39, 0.29) is 12.0 Å². The Morgan fingerprint density at radius 2 is 2.07 bits per heavy atom. The quantitative estimate of drug-likeness (QED) is 0.692. The first-order chi connectivity index (χ1) is 13.1. The molecule has 0 radical (unpaired) electrons. The summed E-state index contributed by atoms with van der Waals surface area (Å²) in [5.74, 6) is 1.30. The van der Waals surface area contributed by atoms with Gasteiger partial charge < -0.3 is 14.5 Å². The van der Waals surface area contributed by atoms with E-state index in [0.29, 0.717) is 18.2 Å². The van der Waals surface area contributed by atoms with E-state index in [1.807, 2.05) is 48.2 Å². The predicted octanol–water partition coefficient (Wildman–Crippen LogP) is 3.44. The average Bonchev–Trinajstić information content (AvgIpc) is 3.12. The van der Waals surface area contributed by atoms with Gasteiger partial charge in [-0.25, -0.2) is 9.97 Å². The largest absolute Gasteiger partial charge is 0.470 e. The van der Waals surface area contributed by atoms with Gasteiger partial charge in [0.2, 0.25) is 0 Å². The number of hydrogen-bond donors (Lipinski definition) is 0. The number of hydrogen-bond acceptors (Lipinski definition) is 6. The molecule has 1 aliphatic heterocycles. The van der Waals surface area contributed by atoms with Crippen LogP contribution in [0.4, 0.5) is 5.82 Å². The average molecular weight is 382 g/mol. The summed E-state index contributed by atoms with van der Waals surface area (Å²) in [5, 5.41) is 1.12. The van der Waals surface area contributed by atoms with Crippen LogP contribution in [0.5, 0.6) is 5.88 Å². The summed E-state index contributed by atoms with van der Waals surface area (Å²) in [4.78, 5) is 26.2. The highest BCUT2D eigenvalue weighted by Gasteiger charge is 2.27. The molecule has 1 unspecified atom stereocenters. The SMILES string of the molecule is CN(C)c1nccnc1OC1CCCN(C(=O)c2cc3ccccc3s2)C1. The Labute approximate surface area is 162 Å². The van der Waals surface area contributed by atoms with Crippen molar-refractivity contribution in [2.45, 2.75) is 18.9 Å². The van der Waals surface area contributed by atoms with Gasteiger partial charge in [0.25, 0.3) is 11.8 Å². The Hall–Kier alpha value is -2.67. The second-order valence-electron chi connectivity index (χ2n) is 6.86. The number of ether oxygens (including phenoxy) is 1. The number of nitrogens with zero attached hydrogens (tertiary/aromatic N) is 4. The Bertz CT molecular complexity index is 923. The van der Waals surface area contributed by atoms with Crippen LogP contribution in [0.25, 0.3) is 10.1 Å². The minimum Gasteiger partial charge on any atom is -0.470 e. The molecule has 4 rings (SSSR count). The lowest BCUT2D eigenvalue weighted by Gasteiger charge is -2.32. The Kier molecular flexibility index (Phi) is 4.94. The molecule has 1 fully saturated rings.